The molecule has 1 fully saturated rings. The van der Waals surface area contributed by atoms with E-state index in [1.54, 1.807) is 6.08 Å². The third kappa shape index (κ3) is 3.56. The van der Waals surface area contributed by atoms with Gasteiger partial charge in [0.25, 0.3) is 11.1 Å². The lowest BCUT2D eigenvalue weighted by molar-refractivity contribution is -0.127. The molecule has 3 aromatic rings. The van der Waals surface area contributed by atoms with Crippen molar-refractivity contribution in [3.63, 3.8) is 0 Å². The molecule has 3 amide bonds. The van der Waals surface area contributed by atoms with Gasteiger partial charge in [0.15, 0.2) is 0 Å². The maximum atomic E-state index is 12.6. The van der Waals surface area contributed by atoms with Gasteiger partial charge in [0.1, 0.15) is 6.54 Å². The van der Waals surface area contributed by atoms with Crippen LogP contribution in [0.15, 0.2) is 59.5 Å². The molecule has 7 heteroatoms. The van der Waals surface area contributed by atoms with E-state index in [9.17, 15) is 14.4 Å². The van der Waals surface area contributed by atoms with Gasteiger partial charge in [0.05, 0.1) is 4.91 Å². The summed E-state index contributed by atoms with van der Waals surface area (Å²) in [6.45, 7) is 2.30. The summed E-state index contributed by atoms with van der Waals surface area (Å²) in [5.41, 5.74) is 9.26. The second kappa shape index (κ2) is 7.60. The Morgan fingerprint density at radius 2 is 1.76 bits per heavy atom. The van der Waals surface area contributed by atoms with E-state index in [2.05, 4.69) is 16.7 Å². The predicted octanol–water partition coefficient (Wildman–Crippen LogP) is 3.52. The third-order valence-electron chi connectivity index (χ3n) is 4.93. The van der Waals surface area contributed by atoms with Crippen LogP contribution in [0.25, 0.3) is 17.0 Å². The van der Waals surface area contributed by atoms with Crippen molar-refractivity contribution >= 4 is 45.8 Å². The number of nitrogens with two attached hydrogens (primary N) is 1. The average molecular weight is 405 g/mol. The highest BCUT2D eigenvalue weighted by molar-refractivity contribution is 8.18. The van der Waals surface area contributed by atoms with E-state index in [4.69, 9.17) is 5.73 Å². The number of rotatable bonds is 5. The predicted molar refractivity (Wildman–Crippen MR) is 114 cm³/mol. The van der Waals surface area contributed by atoms with Crippen LogP contribution < -0.4 is 5.73 Å². The van der Waals surface area contributed by atoms with Gasteiger partial charge in [-0.1, -0.05) is 48.5 Å². The third-order valence-corrected chi connectivity index (χ3v) is 5.83. The van der Waals surface area contributed by atoms with E-state index in [0.29, 0.717) is 11.4 Å². The molecule has 4 rings (SSSR count). The first-order valence-corrected chi connectivity index (χ1v) is 9.93. The smallest absolute Gasteiger partial charge is 0.294 e. The van der Waals surface area contributed by atoms with Crippen LogP contribution in [0.2, 0.25) is 0 Å². The molecule has 0 radical (unpaired) electrons. The fourth-order valence-electron chi connectivity index (χ4n) is 3.53. The average Bonchev–Trinajstić information content (AvgIpc) is 3.12. The van der Waals surface area contributed by atoms with Gasteiger partial charge in [-0.25, -0.2) is 0 Å². The molecule has 2 heterocycles. The number of aromatic nitrogens is 1. The molecule has 1 saturated heterocycles. The maximum Gasteiger partial charge on any atom is 0.294 e. The minimum Gasteiger partial charge on any atom is -0.368 e. The molecule has 0 atom stereocenters. The SMILES string of the molecule is Cc1c(/C=C2\SC(=O)N(CC(N)=O)C2=O)c2ccccc2n1Cc1ccccc1. The molecule has 0 unspecified atom stereocenters. The minimum atomic E-state index is -0.718. The van der Waals surface area contributed by atoms with Crippen LogP contribution in [0.1, 0.15) is 16.8 Å². The van der Waals surface area contributed by atoms with Gasteiger partial charge < -0.3 is 10.3 Å². The fraction of sp³-hybridized carbons (Fsp3) is 0.136. The molecule has 0 bridgehead atoms. The van der Waals surface area contributed by atoms with E-state index in [1.807, 2.05) is 49.4 Å². The van der Waals surface area contributed by atoms with Crippen molar-refractivity contribution in [2.75, 3.05) is 6.54 Å². The van der Waals surface area contributed by atoms with E-state index < -0.39 is 23.6 Å². The topological polar surface area (TPSA) is 85.4 Å². The van der Waals surface area contributed by atoms with Gasteiger partial charge >= 0.3 is 0 Å². The van der Waals surface area contributed by atoms with Gasteiger partial charge in [0.2, 0.25) is 5.91 Å². The van der Waals surface area contributed by atoms with Gasteiger partial charge in [0, 0.05) is 28.7 Å². The number of para-hydroxylation sites is 1. The molecule has 2 aromatic carbocycles. The van der Waals surface area contributed by atoms with E-state index >= 15 is 0 Å². The van der Waals surface area contributed by atoms with Gasteiger partial charge in [-0.2, -0.15) is 0 Å². The monoisotopic (exact) mass is 405 g/mol. The summed E-state index contributed by atoms with van der Waals surface area (Å²) in [6.07, 6.45) is 1.74. The van der Waals surface area contributed by atoms with Crippen molar-refractivity contribution < 1.29 is 14.4 Å². The number of fused-ring (bicyclic) bond motifs is 1. The van der Waals surface area contributed by atoms with Crippen LogP contribution in [0, 0.1) is 6.92 Å². The number of nitrogens with zero attached hydrogens (tertiary/aromatic N) is 2. The number of primary amides is 1. The highest BCUT2D eigenvalue weighted by Crippen LogP contribution is 2.35. The lowest BCUT2D eigenvalue weighted by Crippen LogP contribution is -2.36. The number of carbonyl (C=O) groups excluding carboxylic acids is 3. The zero-order chi connectivity index (χ0) is 20.5. The Morgan fingerprint density at radius 1 is 1.07 bits per heavy atom. The van der Waals surface area contributed by atoms with Crippen LogP contribution in [0.3, 0.4) is 0 Å². The molecular formula is C22H19N3O3S. The van der Waals surface area contributed by atoms with E-state index in [0.717, 1.165) is 38.8 Å². The Hall–Kier alpha value is -3.32. The molecule has 1 aliphatic rings. The summed E-state index contributed by atoms with van der Waals surface area (Å²) < 4.78 is 2.20. The zero-order valence-corrected chi connectivity index (χ0v) is 16.6. The van der Waals surface area contributed by atoms with Crippen LogP contribution in [-0.4, -0.2) is 33.1 Å². The summed E-state index contributed by atoms with van der Waals surface area (Å²) in [5, 5.41) is 0.522. The van der Waals surface area contributed by atoms with Crippen LogP contribution in [0.4, 0.5) is 4.79 Å². The molecule has 1 aliphatic heterocycles. The molecule has 29 heavy (non-hydrogen) atoms. The molecule has 0 spiro atoms. The lowest BCUT2D eigenvalue weighted by atomic mass is 10.1. The Morgan fingerprint density at radius 3 is 2.48 bits per heavy atom. The summed E-state index contributed by atoms with van der Waals surface area (Å²) in [6, 6.07) is 18.1. The van der Waals surface area contributed by atoms with E-state index in [-0.39, 0.29) is 0 Å². The minimum absolute atomic E-state index is 0.293. The second-order valence-electron chi connectivity index (χ2n) is 6.82. The first-order chi connectivity index (χ1) is 14.0. The molecule has 0 aliphatic carbocycles. The fourth-order valence-corrected chi connectivity index (χ4v) is 4.35. The molecule has 1 aromatic heterocycles. The normalized spacial score (nSPS) is 15.6. The quantitative estimate of drug-likeness (QED) is 0.658. The van der Waals surface area contributed by atoms with Crippen molar-refractivity contribution in [1.29, 1.82) is 0 Å². The number of thioether (sulfide) groups is 1. The van der Waals surface area contributed by atoms with Crippen molar-refractivity contribution in [2.45, 2.75) is 13.5 Å². The summed E-state index contributed by atoms with van der Waals surface area (Å²) in [4.78, 5) is 37.1. The van der Waals surface area contributed by atoms with Crippen molar-refractivity contribution in [3.8, 4) is 0 Å². The molecule has 2 N–H and O–H groups in total. The highest BCUT2D eigenvalue weighted by atomic mass is 32.2. The molecule has 146 valence electrons. The standard InChI is InChI=1S/C22H19N3O3S/c1-14-17(11-19-21(27)25(13-20(23)26)22(28)29-19)16-9-5-6-10-18(16)24(14)12-15-7-3-2-4-8-15/h2-11H,12-13H2,1H3,(H2,23,26)/b19-11-. The number of carbonyl (C=O) groups is 3. The molecule has 6 nitrogen and oxygen atoms in total. The summed E-state index contributed by atoms with van der Waals surface area (Å²) in [5.74, 6) is -1.21. The second-order valence-corrected chi connectivity index (χ2v) is 7.82. The zero-order valence-electron chi connectivity index (χ0n) is 15.8. The van der Waals surface area contributed by atoms with Crippen molar-refractivity contribution in [1.82, 2.24) is 9.47 Å². The van der Waals surface area contributed by atoms with Gasteiger partial charge in [-0.3, -0.25) is 19.3 Å². The summed E-state index contributed by atoms with van der Waals surface area (Å²) >= 11 is 0.831. The van der Waals surface area contributed by atoms with Crippen molar-refractivity contribution in [3.05, 3.63) is 76.3 Å². The Kier molecular flexibility index (Phi) is 4.98. The molecular weight excluding hydrogens is 386 g/mol. The van der Waals surface area contributed by atoms with Crippen LogP contribution >= 0.6 is 11.8 Å². The first-order valence-electron chi connectivity index (χ1n) is 9.11. The Labute approximate surface area is 172 Å². The van der Waals surface area contributed by atoms with Gasteiger partial charge in [-0.05, 0) is 36.4 Å². The number of imide groups is 1. The number of benzene rings is 2. The lowest BCUT2D eigenvalue weighted by Gasteiger charge is -2.09. The summed E-state index contributed by atoms with van der Waals surface area (Å²) in [7, 11) is 0. The van der Waals surface area contributed by atoms with Crippen LogP contribution in [-0.2, 0) is 16.1 Å². The highest BCUT2D eigenvalue weighted by Gasteiger charge is 2.36. The number of amides is 3. The number of hydrogen-bond donors (Lipinski definition) is 1. The van der Waals surface area contributed by atoms with Crippen LogP contribution in [0.5, 0.6) is 0 Å². The largest absolute Gasteiger partial charge is 0.368 e. The molecule has 0 saturated carbocycles. The Bertz CT molecular complexity index is 1160. The maximum absolute atomic E-state index is 12.6. The van der Waals surface area contributed by atoms with Gasteiger partial charge in [-0.15, -0.1) is 0 Å². The van der Waals surface area contributed by atoms with E-state index in [1.165, 1.54) is 5.56 Å². The number of hydrogen-bond acceptors (Lipinski definition) is 4. The van der Waals surface area contributed by atoms with Crippen molar-refractivity contribution in [2.24, 2.45) is 5.73 Å². The Balaban J connectivity index is 1.78. The first kappa shape index (κ1) is 19.0.